The van der Waals surface area contributed by atoms with Crippen LogP contribution in [0.1, 0.15) is 39.0 Å². The van der Waals surface area contributed by atoms with Crippen LogP contribution < -0.4 is 5.32 Å². The van der Waals surface area contributed by atoms with Crippen molar-refractivity contribution >= 4 is 23.2 Å². The van der Waals surface area contributed by atoms with E-state index in [1.54, 1.807) is 48.5 Å². The number of hydrogen-bond donors (Lipinski definition) is 1. The van der Waals surface area contributed by atoms with Crippen LogP contribution in [0.15, 0.2) is 48.5 Å². The smallest absolute Gasteiger partial charge is 0.221 e. The molecule has 122 valence electrons. The molecular formula is C18H12N4O3. The maximum atomic E-state index is 12.8. The number of amides is 1. The summed E-state index contributed by atoms with van der Waals surface area (Å²) in [7, 11) is 0. The third-order valence-electron chi connectivity index (χ3n) is 3.93. The molecule has 1 aliphatic rings. The van der Waals surface area contributed by atoms with E-state index in [0.717, 1.165) is 0 Å². The summed E-state index contributed by atoms with van der Waals surface area (Å²) in [5, 5.41) is 10.6. The van der Waals surface area contributed by atoms with Gasteiger partial charge >= 0.3 is 0 Å². The first-order valence-electron chi connectivity index (χ1n) is 7.58. The third kappa shape index (κ3) is 2.33. The van der Waals surface area contributed by atoms with Gasteiger partial charge in [0, 0.05) is 23.7 Å². The Kier molecular flexibility index (Phi) is 3.28. The van der Waals surface area contributed by atoms with Crippen LogP contribution in [0.4, 0.5) is 5.69 Å². The van der Waals surface area contributed by atoms with E-state index in [1.807, 2.05) is 0 Å². The van der Waals surface area contributed by atoms with Gasteiger partial charge in [0.1, 0.15) is 5.69 Å². The standard InChI is InChI=1S/C18H12N4O3/c1-10(23)19-11-5-4-6-12(9-11)22-16-15(20-21-22)17(24)13-7-2-3-8-14(13)18(16)25/h2-9H,1H3,(H,19,23). The molecule has 7 heteroatoms. The van der Waals surface area contributed by atoms with Crippen molar-refractivity contribution in [3.63, 3.8) is 0 Å². The molecule has 1 amide bonds. The third-order valence-corrected chi connectivity index (χ3v) is 3.93. The van der Waals surface area contributed by atoms with Crippen LogP contribution in [0.3, 0.4) is 0 Å². The zero-order valence-corrected chi connectivity index (χ0v) is 13.2. The van der Waals surface area contributed by atoms with E-state index in [1.165, 1.54) is 11.6 Å². The number of nitrogens with one attached hydrogen (secondary N) is 1. The lowest BCUT2D eigenvalue weighted by Gasteiger charge is -2.14. The fourth-order valence-electron chi connectivity index (χ4n) is 2.87. The highest BCUT2D eigenvalue weighted by Crippen LogP contribution is 2.27. The number of nitrogens with zero attached hydrogens (tertiary/aromatic N) is 3. The molecule has 0 radical (unpaired) electrons. The first-order chi connectivity index (χ1) is 12.1. The second kappa shape index (κ2) is 5.48. The van der Waals surface area contributed by atoms with Crippen molar-refractivity contribution in [3.8, 4) is 5.69 Å². The predicted molar refractivity (Wildman–Crippen MR) is 89.0 cm³/mol. The van der Waals surface area contributed by atoms with Crippen LogP contribution in [0.2, 0.25) is 0 Å². The van der Waals surface area contributed by atoms with Crippen LogP contribution >= 0.6 is 0 Å². The minimum atomic E-state index is -0.325. The van der Waals surface area contributed by atoms with Gasteiger partial charge < -0.3 is 5.32 Å². The summed E-state index contributed by atoms with van der Waals surface area (Å²) in [5.41, 5.74) is 1.92. The lowest BCUT2D eigenvalue weighted by Crippen LogP contribution is -2.23. The van der Waals surface area contributed by atoms with Crippen LogP contribution in [0.25, 0.3) is 5.69 Å². The number of aromatic nitrogens is 3. The van der Waals surface area contributed by atoms with E-state index >= 15 is 0 Å². The number of ketones is 2. The number of anilines is 1. The minimum Gasteiger partial charge on any atom is -0.326 e. The lowest BCUT2D eigenvalue weighted by molar-refractivity contribution is -0.114. The maximum Gasteiger partial charge on any atom is 0.221 e. The number of fused-ring (bicyclic) bond motifs is 2. The Morgan fingerprint density at radius 2 is 1.72 bits per heavy atom. The number of carbonyl (C=O) groups excluding carboxylic acids is 3. The Hall–Kier alpha value is -3.61. The lowest BCUT2D eigenvalue weighted by atomic mass is 9.90. The Morgan fingerprint density at radius 1 is 1.00 bits per heavy atom. The molecule has 0 saturated heterocycles. The molecule has 3 aromatic rings. The largest absolute Gasteiger partial charge is 0.326 e. The zero-order valence-electron chi connectivity index (χ0n) is 13.2. The van der Waals surface area contributed by atoms with E-state index in [9.17, 15) is 14.4 Å². The highest BCUT2D eigenvalue weighted by atomic mass is 16.2. The Bertz CT molecular complexity index is 1050. The number of rotatable bonds is 2. The normalized spacial score (nSPS) is 12.5. The van der Waals surface area contributed by atoms with Gasteiger partial charge in [0.2, 0.25) is 17.5 Å². The van der Waals surface area contributed by atoms with E-state index in [0.29, 0.717) is 22.5 Å². The molecular weight excluding hydrogens is 320 g/mol. The molecule has 1 aliphatic carbocycles. The molecule has 7 nitrogen and oxygen atoms in total. The van der Waals surface area contributed by atoms with E-state index in [2.05, 4.69) is 15.6 Å². The van der Waals surface area contributed by atoms with Crippen molar-refractivity contribution in [1.82, 2.24) is 15.0 Å². The first kappa shape index (κ1) is 14.9. The molecule has 0 unspecified atom stereocenters. The van der Waals surface area contributed by atoms with Gasteiger partial charge in [-0.05, 0) is 18.2 Å². The van der Waals surface area contributed by atoms with Crippen LogP contribution in [-0.4, -0.2) is 32.5 Å². The number of benzene rings is 2. The summed E-state index contributed by atoms with van der Waals surface area (Å²) in [6.07, 6.45) is 0. The summed E-state index contributed by atoms with van der Waals surface area (Å²) < 4.78 is 1.33. The average Bonchev–Trinajstić information content (AvgIpc) is 3.05. The van der Waals surface area contributed by atoms with Crippen molar-refractivity contribution in [2.45, 2.75) is 6.92 Å². The molecule has 1 N–H and O–H groups in total. The highest BCUT2D eigenvalue weighted by molar-refractivity contribution is 6.27. The maximum absolute atomic E-state index is 12.8. The van der Waals surface area contributed by atoms with Gasteiger partial charge in [-0.2, -0.15) is 0 Å². The average molecular weight is 332 g/mol. The number of carbonyl (C=O) groups is 3. The Balaban J connectivity index is 1.86. The molecule has 0 atom stereocenters. The summed E-state index contributed by atoms with van der Waals surface area (Å²) in [4.78, 5) is 36.7. The van der Waals surface area contributed by atoms with E-state index in [-0.39, 0.29) is 28.9 Å². The number of hydrogen-bond acceptors (Lipinski definition) is 5. The van der Waals surface area contributed by atoms with Gasteiger partial charge in [-0.15, -0.1) is 5.10 Å². The van der Waals surface area contributed by atoms with Crippen molar-refractivity contribution in [3.05, 3.63) is 71.0 Å². The molecule has 0 fully saturated rings. The Labute approximate surface area is 142 Å². The van der Waals surface area contributed by atoms with Crippen molar-refractivity contribution < 1.29 is 14.4 Å². The monoisotopic (exact) mass is 332 g/mol. The van der Waals surface area contributed by atoms with Crippen molar-refractivity contribution in [1.29, 1.82) is 0 Å². The Morgan fingerprint density at radius 3 is 2.44 bits per heavy atom. The van der Waals surface area contributed by atoms with Gasteiger partial charge in [-0.1, -0.05) is 35.5 Å². The molecule has 0 aliphatic heterocycles. The summed E-state index contributed by atoms with van der Waals surface area (Å²) in [6, 6.07) is 13.5. The summed E-state index contributed by atoms with van der Waals surface area (Å²) in [5.74, 6) is -0.840. The summed E-state index contributed by atoms with van der Waals surface area (Å²) >= 11 is 0. The first-order valence-corrected chi connectivity index (χ1v) is 7.58. The van der Waals surface area contributed by atoms with Gasteiger partial charge in [-0.3, -0.25) is 14.4 Å². The van der Waals surface area contributed by atoms with Gasteiger partial charge in [0.15, 0.2) is 5.69 Å². The molecule has 4 rings (SSSR count). The van der Waals surface area contributed by atoms with Crippen molar-refractivity contribution in [2.24, 2.45) is 0 Å². The second-order valence-electron chi connectivity index (χ2n) is 5.63. The van der Waals surface area contributed by atoms with Gasteiger partial charge in [-0.25, -0.2) is 4.68 Å². The minimum absolute atomic E-state index is 0.0358. The molecule has 0 spiro atoms. The van der Waals surface area contributed by atoms with Crippen LogP contribution in [0.5, 0.6) is 0 Å². The molecule has 0 bridgehead atoms. The summed E-state index contributed by atoms with van der Waals surface area (Å²) in [6.45, 7) is 1.41. The van der Waals surface area contributed by atoms with E-state index in [4.69, 9.17) is 0 Å². The predicted octanol–water partition coefficient (Wildman–Crippen LogP) is 2.00. The van der Waals surface area contributed by atoms with Crippen LogP contribution in [0, 0.1) is 0 Å². The molecule has 25 heavy (non-hydrogen) atoms. The molecule has 1 aromatic heterocycles. The highest BCUT2D eigenvalue weighted by Gasteiger charge is 2.35. The fourth-order valence-corrected chi connectivity index (χ4v) is 2.87. The molecule has 2 aromatic carbocycles. The topological polar surface area (TPSA) is 93.9 Å². The SMILES string of the molecule is CC(=O)Nc1cccc(-n2nnc3c2C(=O)c2ccccc2C3=O)c1. The molecule has 1 heterocycles. The fraction of sp³-hybridized carbons (Fsp3) is 0.0556. The van der Waals surface area contributed by atoms with Crippen LogP contribution in [-0.2, 0) is 4.79 Å². The quantitative estimate of drug-likeness (QED) is 0.606. The van der Waals surface area contributed by atoms with Gasteiger partial charge in [0.25, 0.3) is 0 Å². The van der Waals surface area contributed by atoms with Gasteiger partial charge in [0.05, 0.1) is 5.69 Å². The second-order valence-corrected chi connectivity index (χ2v) is 5.63. The molecule has 0 saturated carbocycles. The van der Waals surface area contributed by atoms with E-state index < -0.39 is 0 Å². The van der Waals surface area contributed by atoms with Crippen molar-refractivity contribution in [2.75, 3.05) is 5.32 Å². The zero-order chi connectivity index (χ0) is 17.6.